The molecule has 122 valence electrons. The van der Waals surface area contributed by atoms with Gasteiger partial charge < -0.3 is 14.9 Å². The summed E-state index contributed by atoms with van der Waals surface area (Å²) in [4.78, 5) is 0. The molecule has 0 saturated carbocycles. The minimum Gasteiger partial charge on any atom is -0.488 e. The number of aromatic nitrogens is 2. The average Bonchev–Trinajstić information content (AvgIpc) is 2.99. The molecule has 0 fully saturated rings. The first kappa shape index (κ1) is 16.5. The number of nitrogens with two attached hydrogens (primary N) is 1. The van der Waals surface area contributed by atoms with E-state index in [1.807, 2.05) is 48.5 Å². The summed E-state index contributed by atoms with van der Waals surface area (Å²) >= 11 is 9.38. The Morgan fingerprint density at radius 2 is 1.92 bits per heavy atom. The number of nitrogen functional groups attached to an aromatic ring is 1. The summed E-state index contributed by atoms with van der Waals surface area (Å²) < 4.78 is 11.7. The van der Waals surface area contributed by atoms with Crippen molar-refractivity contribution in [1.29, 1.82) is 0 Å². The Labute approximate surface area is 152 Å². The Morgan fingerprint density at radius 1 is 1.12 bits per heavy atom. The van der Waals surface area contributed by atoms with Crippen LogP contribution in [0.5, 0.6) is 5.75 Å². The van der Waals surface area contributed by atoms with E-state index >= 15 is 0 Å². The van der Waals surface area contributed by atoms with Crippen molar-refractivity contribution in [1.82, 2.24) is 10.2 Å². The fourth-order valence-corrected chi connectivity index (χ4v) is 2.60. The van der Waals surface area contributed by atoms with E-state index in [2.05, 4.69) is 26.1 Å². The molecule has 0 aliphatic rings. The van der Waals surface area contributed by atoms with E-state index in [0.29, 0.717) is 17.5 Å². The quantitative estimate of drug-likeness (QED) is 0.657. The average molecular weight is 407 g/mol. The van der Waals surface area contributed by atoms with Crippen molar-refractivity contribution < 1.29 is 9.15 Å². The second-order valence-corrected chi connectivity index (χ2v) is 6.21. The molecule has 24 heavy (non-hydrogen) atoms. The smallest absolute Gasteiger partial charge is 0.313 e. The molecule has 2 N–H and O–H groups in total. The van der Waals surface area contributed by atoms with Gasteiger partial charge in [-0.2, -0.15) is 0 Å². The van der Waals surface area contributed by atoms with Crippen LogP contribution in [0, 0.1) is 0 Å². The Kier molecular flexibility index (Phi) is 5.17. The molecule has 7 heteroatoms. The molecule has 0 unspecified atom stereocenters. The Morgan fingerprint density at radius 3 is 2.58 bits per heavy atom. The zero-order chi connectivity index (χ0) is 16.9. The summed E-state index contributed by atoms with van der Waals surface area (Å²) in [5.74, 6) is 1.11. The van der Waals surface area contributed by atoms with Crippen molar-refractivity contribution in [3.8, 4) is 5.75 Å². The summed E-state index contributed by atoms with van der Waals surface area (Å²) in [6.45, 7) is 0.465. The van der Waals surface area contributed by atoms with E-state index < -0.39 is 0 Å². The maximum Gasteiger partial charge on any atom is 0.313 e. The number of benzene rings is 2. The summed E-state index contributed by atoms with van der Waals surface area (Å²) in [5.41, 5.74) is 7.38. The highest BCUT2D eigenvalue weighted by Gasteiger charge is 2.03. The molecule has 2 aromatic carbocycles. The van der Waals surface area contributed by atoms with Crippen molar-refractivity contribution in [3.05, 3.63) is 69.0 Å². The van der Waals surface area contributed by atoms with Crippen LogP contribution < -0.4 is 10.5 Å². The fourth-order valence-electron chi connectivity index (χ4n) is 1.96. The number of hydrogen-bond acceptors (Lipinski definition) is 5. The van der Waals surface area contributed by atoms with Gasteiger partial charge in [-0.25, -0.2) is 0 Å². The summed E-state index contributed by atoms with van der Waals surface area (Å²) in [5, 5.41) is 8.06. The normalized spacial score (nSPS) is 11.1. The maximum absolute atomic E-state index is 5.87. The van der Waals surface area contributed by atoms with Crippen LogP contribution in [0.15, 0.2) is 51.4 Å². The first-order chi connectivity index (χ1) is 11.6. The Bertz CT molecular complexity index is 863. The Balaban J connectivity index is 1.65. The molecule has 3 aromatic rings. The van der Waals surface area contributed by atoms with E-state index in [9.17, 15) is 0 Å². The van der Waals surface area contributed by atoms with E-state index in [1.165, 1.54) is 0 Å². The second kappa shape index (κ2) is 7.51. The van der Waals surface area contributed by atoms with Crippen LogP contribution in [0.2, 0.25) is 5.02 Å². The molecular formula is C17H13BrClN3O2. The molecule has 0 aliphatic heterocycles. The number of halogens is 2. The molecule has 0 amide bonds. The van der Waals surface area contributed by atoms with Gasteiger partial charge in [0.15, 0.2) is 0 Å². The topological polar surface area (TPSA) is 74.2 Å². The maximum atomic E-state index is 5.87. The highest BCUT2D eigenvalue weighted by molar-refractivity contribution is 9.10. The SMILES string of the molecule is Nc1nnc(/C=C/c2ccc(OCc3ccc(Cl)cc3)c(Br)c2)o1. The first-order valence-corrected chi connectivity index (χ1v) is 8.21. The molecule has 1 aromatic heterocycles. The van der Waals surface area contributed by atoms with E-state index in [1.54, 1.807) is 6.08 Å². The molecular weight excluding hydrogens is 394 g/mol. The van der Waals surface area contributed by atoms with Crippen LogP contribution in [0.25, 0.3) is 12.2 Å². The van der Waals surface area contributed by atoms with Gasteiger partial charge >= 0.3 is 6.01 Å². The molecule has 1 heterocycles. The number of hydrogen-bond donors (Lipinski definition) is 1. The minimum atomic E-state index is 0.0433. The first-order valence-electron chi connectivity index (χ1n) is 7.04. The molecule has 0 spiro atoms. The van der Waals surface area contributed by atoms with Crippen molar-refractivity contribution in [2.24, 2.45) is 0 Å². The van der Waals surface area contributed by atoms with Crippen molar-refractivity contribution >= 4 is 45.7 Å². The third-order valence-electron chi connectivity index (χ3n) is 3.14. The van der Waals surface area contributed by atoms with Crippen LogP contribution in [-0.4, -0.2) is 10.2 Å². The van der Waals surface area contributed by atoms with Gasteiger partial charge in [0.25, 0.3) is 0 Å². The molecule has 0 saturated heterocycles. The van der Waals surface area contributed by atoms with Crippen LogP contribution in [0.4, 0.5) is 6.01 Å². The minimum absolute atomic E-state index is 0.0433. The lowest BCUT2D eigenvalue weighted by molar-refractivity contribution is 0.304. The summed E-state index contributed by atoms with van der Waals surface area (Å²) in [6.07, 6.45) is 3.54. The molecule has 5 nitrogen and oxygen atoms in total. The standard InChI is InChI=1S/C17H13BrClN3O2/c18-14-9-11(4-8-16-21-22-17(20)24-16)3-7-15(14)23-10-12-1-5-13(19)6-2-12/h1-9H,10H2,(H2,20,22)/b8-4+. The monoisotopic (exact) mass is 405 g/mol. The zero-order valence-corrected chi connectivity index (χ0v) is 14.8. The lowest BCUT2D eigenvalue weighted by atomic mass is 10.2. The largest absolute Gasteiger partial charge is 0.488 e. The Hall–Kier alpha value is -2.31. The molecule has 0 aliphatic carbocycles. The zero-order valence-electron chi connectivity index (χ0n) is 12.4. The highest BCUT2D eigenvalue weighted by Crippen LogP contribution is 2.27. The van der Waals surface area contributed by atoms with Crippen LogP contribution >= 0.6 is 27.5 Å². The van der Waals surface area contributed by atoms with Gasteiger partial charge in [0.2, 0.25) is 5.89 Å². The second-order valence-electron chi connectivity index (χ2n) is 4.92. The molecule has 0 bridgehead atoms. The van der Waals surface area contributed by atoms with Gasteiger partial charge in [0.05, 0.1) is 4.47 Å². The fraction of sp³-hybridized carbons (Fsp3) is 0.0588. The predicted octanol–water partition coefficient (Wildman–Crippen LogP) is 4.82. The predicted molar refractivity (Wildman–Crippen MR) is 97.6 cm³/mol. The number of anilines is 1. The van der Waals surface area contributed by atoms with Crippen molar-refractivity contribution in [2.45, 2.75) is 6.61 Å². The van der Waals surface area contributed by atoms with Crippen LogP contribution in [0.1, 0.15) is 17.0 Å². The van der Waals surface area contributed by atoms with Crippen molar-refractivity contribution in [2.75, 3.05) is 5.73 Å². The lowest BCUT2D eigenvalue weighted by Gasteiger charge is -2.09. The van der Waals surface area contributed by atoms with Crippen molar-refractivity contribution in [3.63, 3.8) is 0 Å². The molecule has 0 atom stereocenters. The van der Waals surface area contributed by atoms with Gasteiger partial charge in [-0.15, -0.1) is 5.10 Å². The third kappa shape index (κ3) is 4.37. The van der Waals surface area contributed by atoms with Gasteiger partial charge in [-0.05, 0) is 57.4 Å². The molecule has 3 rings (SSSR count). The van der Waals surface area contributed by atoms with E-state index in [0.717, 1.165) is 21.3 Å². The summed E-state index contributed by atoms with van der Waals surface area (Å²) in [7, 11) is 0. The van der Waals surface area contributed by atoms with E-state index in [4.69, 9.17) is 26.5 Å². The van der Waals surface area contributed by atoms with Crippen LogP contribution in [0.3, 0.4) is 0 Å². The van der Waals surface area contributed by atoms with Gasteiger partial charge in [-0.1, -0.05) is 34.9 Å². The lowest BCUT2D eigenvalue weighted by Crippen LogP contribution is -1.95. The van der Waals surface area contributed by atoms with Crippen LogP contribution in [-0.2, 0) is 6.61 Å². The van der Waals surface area contributed by atoms with Gasteiger partial charge in [0, 0.05) is 11.1 Å². The molecule has 0 radical (unpaired) electrons. The van der Waals surface area contributed by atoms with Gasteiger partial charge in [0.1, 0.15) is 12.4 Å². The van der Waals surface area contributed by atoms with E-state index in [-0.39, 0.29) is 6.01 Å². The third-order valence-corrected chi connectivity index (χ3v) is 4.01. The highest BCUT2D eigenvalue weighted by atomic mass is 79.9. The number of rotatable bonds is 5. The van der Waals surface area contributed by atoms with Gasteiger partial charge in [-0.3, -0.25) is 0 Å². The number of ether oxygens (including phenoxy) is 1. The summed E-state index contributed by atoms with van der Waals surface area (Å²) in [6, 6.07) is 13.4. The number of nitrogens with zero attached hydrogens (tertiary/aromatic N) is 2.